The van der Waals surface area contributed by atoms with Crippen molar-refractivity contribution in [3.05, 3.63) is 35.8 Å². The number of nitrogens with zero attached hydrogens (tertiary/aromatic N) is 2. The fourth-order valence-electron chi connectivity index (χ4n) is 2.42. The van der Waals surface area contributed by atoms with Gasteiger partial charge in [-0.1, -0.05) is 6.07 Å². The van der Waals surface area contributed by atoms with Crippen LogP contribution < -0.4 is 5.73 Å². The zero-order chi connectivity index (χ0) is 11.7. The van der Waals surface area contributed by atoms with Crippen LogP contribution in [-0.4, -0.2) is 20.9 Å². The molecule has 0 spiro atoms. The first kappa shape index (κ1) is 11.1. The lowest BCUT2D eigenvalue weighted by Crippen LogP contribution is -2.02. The Morgan fingerprint density at radius 1 is 1.53 bits per heavy atom. The molecule has 2 aromatic rings. The Bertz CT molecular complexity index is 514. The third kappa shape index (κ3) is 2.19. The van der Waals surface area contributed by atoms with Gasteiger partial charge in [0.15, 0.2) is 0 Å². The van der Waals surface area contributed by atoms with E-state index in [2.05, 4.69) is 28.4 Å². The number of hydrogen-bond acceptors (Lipinski definition) is 3. The van der Waals surface area contributed by atoms with Crippen molar-refractivity contribution in [3.63, 3.8) is 0 Å². The highest BCUT2D eigenvalue weighted by molar-refractivity contribution is 7.99. The Hall–Kier alpha value is -1.00. The summed E-state index contributed by atoms with van der Waals surface area (Å²) < 4.78 is 2.10. The van der Waals surface area contributed by atoms with Crippen LogP contribution in [0.5, 0.6) is 0 Å². The number of aromatic nitrogens is 2. The summed E-state index contributed by atoms with van der Waals surface area (Å²) in [7, 11) is 0. The predicted molar refractivity (Wildman–Crippen MR) is 72.2 cm³/mol. The van der Waals surface area contributed by atoms with E-state index >= 15 is 0 Å². The highest BCUT2D eigenvalue weighted by Crippen LogP contribution is 2.26. The molecule has 0 aliphatic carbocycles. The van der Waals surface area contributed by atoms with Gasteiger partial charge in [-0.2, -0.15) is 11.8 Å². The lowest BCUT2D eigenvalue weighted by molar-refractivity contribution is 0.589. The summed E-state index contributed by atoms with van der Waals surface area (Å²) in [5.41, 5.74) is 9.09. The van der Waals surface area contributed by atoms with Crippen molar-refractivity contribution in [1.29, 1.82) is 0 Å². The molecule has 1 unspecified atom stereocenters. The van der Waals surface area contributed by atoms with Crippen molar-refractivity contribution < 1.29 is 0 Å². The molecule has 0 radical (unpaired) electrons. The molecule has 0 bridgehead atoms. The van der Waals surface area contributed by atoms with E-state index in [0.717, 1.165) is 23.5 Å². The minimum absolute atomic E-state index is 0.556. The summed E-state index contributed by atoms with van der Waals surface area (Å²) in [4.78, 5) is 4.72. The summed E-state index contributed by atoms with van der Waals surface area (Å²) in [5, 5.41) is 0. The van der Waals surface area contributed by atoms with Crippen LogP contribution in [0.15, 0.2) is 24.5 Å². The van der Waals surface area contributed by atoms with E-state index in [1.54, 1.807) is 0 Å². The molecule has 1 atom stereocenters. The Balaban J connectivity index is 1.90. The zero-order valence-corrected chi connectivity index (χ0v) is 10.6. The van der Waals surface area contributed by atoms with Crippen LogP contribution in [0.4, 0.5) is 0 Å². The van der Waals surface area contributed by atoms with Crippen LogP contribution in [0.2, 0.25) is 0 Å². The quantitative estimate of drug-likeness (QED) is 0.903. The van der Waals surface area contributed by atoms with Crippen LogP contribution >= 0.6 is 11.8 Å². The van der Waals surface area contributed by atoms with Crippen molar-refractivity contribution in [3.8, 4) is 0 Å². The van der Waals surface area contributed by atoms with Crippen LogP contribution in [-0.2, 0) is 13.0 Å². The highest BCUT2D eigenvalue weighted by Gasteiger charge is 2.17. The molecule has 1 aliphatic heterocycles. The van der Waals surface area contributed by atoms with Gasteiger partial charge < -0.3 is 10.1 Å². The second kappa shape index (κ2) is 4.70. The molecule has 1 saturated heterocycles. The number of nitrogens with two attached hydrogens (primary N) is 1. The third-order valence-corrected chi connectivity index (χ3v) is 4.59. The standard InChI is InChI=1S/C13H17N3S/c14-7-11-2-1-4-16-8-12(15-13(11)16)6-10-3-5-17-9-10/h1-2,4,8,10H,3,5-7,9,14H2. The van der Waals surface area contributed by atoms with Gasteiger partial charge in [0.05, 0.1) is 5.69 Å². The Labute approximate surface area is 105 Å². The molecule has 0 saturated carbocycles. The third-order valence-electron chi connectivity index (χ3n) is 3.36. The van der Waals surface area contributed by atoms with Gasteiger partial charge >= 0.3 is 0 Å². The summed E-state index contributed by atoms with van der Waals surface area (Å²) >= 11 is 2.06. The minimum Gasteiger partial charge on any atom is -0.326 e. The van der Waals surface area contributed by atoms with Gasteiger partial charge in [0, 0.05) is 24.5 Å². The maximum Gasteiger partial charge on any atom is 0.141 e. The molecule has 2 aromatic heterocycles. The second-order valence-corrected chi connectivity index (χ2v) is 5.78. The molecular weight excluding hydrogens is 230 g/mol. The molecule has 3 rings (SSSR count). The van der Waals surface area contributed by atoms with Crippen molar-refractivity contribution in [2.24, 2.45) is 11.7 Å². The van der Waals surface area contributed by atoms with Crippen LogP contribution in [0.1, 0.15) is 17.7 Å². The van der Waals surface area contributed by atoms with E-state index in [9.17, 15) is 0 Å². The largest absolute Gasteiger partial charge is 0.326 e. The summed E-state index contributed by atoms with van der Waals surface area (Å²) in [6, 6.07) is 4.09. The normalized spacial score (nSPS) is 20.2. The SMILES string of the molecule is NCc1cccn2cc(CC3CCSC3)nc12. The lowest BCUT2D eigenvalue weighted by atomic mass is 10.0. The summed E-state index contributed by atoms with van der Waals surface area (Å²) in [5.74, 6) is 3.41. The number of imidazole rings is 1. The van der Waals surface area contributed by atoms with Crippen molar-refractivity contribution in [2.45, 2.75) is 19.4 Å². The second-order valence-electron chi connectivity index (χ2n) is 4.63. The number of thioether (sulfide) groups is 1. The van der Waals surface area contributed by atoms with E-state index in [0.29, 0.717) is 6.54 Å². The zero-order valence-electron chi connectivity index (χ0n) is 9.80. The van der Waals surface area contributed by atoms with E-state index in [-0.39, 0.29) is 0 Å². The van der Waals surface area contributed by atoms with E-state index in [1.165, 1.54) is 23.6 Å². The van der Waals surface area contributed by atoms with E-state index in [4.69, 9.17) is 10.7 Å². The van der Waals surface area contributed by atoms with Crippen molar-refractivity contribution in [1.82, 2.24) is 9.38 Å². The maximum atomic E-state index is 5.73. The van der Waals surface area contributed by atoms with Gasteiger partial charge in [-0.05, 0) is 36.3 Å². The molecule has 0 aromatic carbocycles. The van der Waals surface area contributed by atoms with Gasteiger partial charge in [0.25, 0.3) is 0 Å². The first-order valence-corrected chi connectivity index (χ1v) is 7.25. The van der Waals surface area contributed by atoms with Crippen LogP contribution in [0.3, 0.4) is 0 Å². The Morgan fingerprint density at radius 2 is 2.47 bits per heavy atom. The molecule has 4 heteroatoms. The van der Waals surface area contributed by atoms with Gasteiger partial charge in [-0.25, -0.2) is 4.98 Å². The molecule has 2 N–H and O–H groups in total. The fraction of sp³-hybridized carbons (Fsp3) is 0.462. The fourth-order valence-corrected chi connectivity index (χ4v) is 3.70. The lowest BCUT2D eigenvalue weighted by Gasteiger charge is -2.03. The summed E-state index contributed by atoms with van der Waals surface area (Å²) in [6.45, 7) is 0.556. The highest BCUT2D eigenvalue weighted by atomic mass is 32.2. The maximum absolute atomic E-state index is 5.73. The predicted octanol–water partition coefficient (Wildman–Crippen LogP) is 2.09. The molecular formula is C13H17N3S. The van der Waals surface area contributed by atoms with Gasteiger partial charge in [-0.15, -0.1) is 0 Å². The Morgan fingerprint density at radius 3 is 3.24 bits per heavy atom. The van der Waals surface area contributed by atoms with Gasteiger partial charge in [-0.3, -0.25) is 0 Å². The average Bonchev–Trinajstić information content (AvgIpc) is 2.97. The number of fused-ring (bicyclic) bond motifs is 1. The minimum atomic E-state index is 0.556. The van der Waals surface area contributed by atoms with Crippen LogP contribution in [0.25, 0.3) is 5.65 Å². The first-order chi connectivity index (χ1) is 8.36. The Kier molecular flexibility index (Phi) is 3.07. The molecule has 17 heavy (non-hydrogen) atoms. The van der Waals surface area contributed by atoms with Crippen molar-refractivity contribution in [2.75, 3.05) is 11.5 Å². The summed E-state index contributed by atoms with van der Waals surface area (Å²) in [6.07, 6.45) is 6.65. The molecule has 0 amide bonds. The van der Waals surface area contributed by atoms with Gasteiger partial charge in [0.1, 0.15) is 5.65 Å². The van der Waals surface area contributed by atoms with E-state index in [1.807, 2.05) is 12.3 Å². The van der Waals surface area contributed by atoms with Gasteiger partial charge in [0.2, 0.25) is 0 Å². The smallest absolute Gasteiger partial charge is 0.141 e. The topological polar surface area (TPSA) is 43.3 Å². The average molecular weight is 247 g/mol. The monoisotopic (exact) mass is 247 g/mol. The molecule has 3 heterocycles. The molecule has 1 fully saturated rings. The first-order valence-electron chi connectivity index (χ1n) is 6.10. The van der Waals surface area contributed by atoms with E-state index < -0.39 is 0 Å². The van der Waals surface area contributed by atoms with Crippen molar-refractivity contribution >= 4 is 17.4 Å². The number of hydrogen-bond donors (Lipinski definition) is 1. The molecule has 90 valence electrons. The number of pyridine rings is 1. The van der Waals surface area contributed by atoms with Crippen LogP contribution in [0, 0.1) is 5.92 Å². The number of rotatable bonds is 3. The molecule has 3 nitrogen and oxygen atoms in total. The molecule has 1 aliphatic rings.